The molecule has 0 bridgehead atoms. The Bertz CT molecular complexity index is 1180. The fourth-order valence-electron chi connectivity index (χ4n) is 4.90. The second-order valence-corrected chi connectivity index (χ2v) is 10.8. The Morgan fingerprint density at radius 1 is 0.561 bits per heavy atom. The van der Waals surface area contributed by atoms with Gasteiger partial charge in [-0.2, -0.15) is 0 Å². The van der Waals surface area contributed by atoms with Crippen LogP contribution in [0.15, 0.2) is 58.5 Å². The summed E-state index contributed by atoms with van der Waals surface area (Å²) in [5.41, 5.74) is 7.44. The Labute approximate surface area is 260 Å². The van der Waals surface area contributed by atoms with Gasteiger partial charge in [0.25, 0.3) is 0 Å². The predicted octanol–water partition coefficient (Wildman–Crippen LogP) is 9.97. The molecule has 0 fully saturated rings. The number of aliphatic imine (C=N–C) groups is 2. The Kier molecular flexibility index (Phi) is 15.6. The maximum atomic E-state index is 11.0. The number of benzene rings is 3. The second kappa shape index (κ2) is 18.6. The van der Waals surface area contributed by atoms with E-state index in [1.54, 1.807) is 12.4 Å². The summed E-state index contributed by atoms with van der Waals surface area (Å²) in [6.45, 7) is 8.74. The van der Waals surface area contributed by atoms with Crippen LogP contribution in [0.3, 0.4) is 0 Å². The van der Waals surface area contributed by atoms with Crippen molar-refractivity contribution in [3.05, 3.63) is 81.9 Å². The molecule has 216 valence electrons. The molecule has 3 rings (SSSR count). The summed E-state index contributed by atoms with van der Waals surface area (Å²) in [6.07, 6.45) is 16.0. The van der Waals surface area contributed by atoms with E-state index in [0.29, 0.717) is 11.5 Å². The molecule has 3 aromatic rings. The first-order chi connectivity index (χ1) is 19.5. The average molecular weight is 606 g/mol. The quantitative estimate of drug-likeness (QED) is 0.126. The summed E-state index contributed by atoms with van der Waals surface area (Å²) >= 11 is 0. The molecule has 0 aliphatic heterocycles. The zero-order valence-electron chi connectivity index (χ0n) is 25.8. The Morgan fingerprint density at radius 2 is 0.927 bits per heavy atom. The molecule has 0 aromatic heterocycles. The maximum Gasteiger partial charge on any atom is 0.127 e. The molecule has 4 nitrogen and oxygen atoms in total. The van der Waals surface area contributed by atoms with E-state index in [1.807, 2.05) is 24.3 Å². The molecule has 0 unspecified atom stereocenters. The number of rotatable bonds is 16. The molecule has 0 aliphatic rings. The molecule has 0 saturated carbocycles. The minimum Gasteiger partial charge on any atom is -0.507 e. The van der Waals surface area contributed by atoms with Crippen molar-refractivity contribution in [1.82, 2.24) is 0 Å². The first-order valence-corrected chi connectivity index (χ1v) is 15.4. The summed E-state index contributed by atoms with van der Waals surface area (Å²) in [5.74, 6) is 0.652. The Hall–Kier alpha value is -2.78. The number of nitrogens with zero attached hydrogens (tertiary/aromatic N) is 2. The van der Waals surface area contributed by atoms with E-state index in [4.69, 9.17) is 9.98 Å². The van der Waals surface area contributed by atoms with E-state index in [9.17, 15) is 10.2 Å². The molecule has 0 spiro atoms. The van der Waals surface area contributed by atoms with Gasteiger partial charge in [-0.05, 0) is 97.9 Å². The van der Waals surface area contributed by atoms with Crippen LogP contribution in [0.4, 0.5) is 11.4 Å². The average Bonchev–Trinajstić information content (AvgIpc) is 2.97. The summed E-state index contributed by atoms with van der Waals surface area (Å²) in [7, 11) is 0. The summed E-state index contributed by atoms with van der Waals surface area (Å²) in [6, 6.07) is 16.2. The molecule has 5 heteroatoms. The third kappa shape index (κ3) is 10.5. The van der Waals surface area contributed by atoms with Crippen molar-refractivity contribution in [3.8, 4) is 11.5 Å². The van der Waals surface area contributed by atoms with Crippen LogP contribution in [-0.2, 0) is 45.2 Å². The number of aromatic hydroxyl groups is 2. The zero-order valence-corrected chi connectivity index (χ0v) is 28.7. The van der Waals surface area contributed by atoms with Gasteiger partial charge in [0.05, 0.1) is 11.4 Å². The van der Waals surface area contributed by atoms with Crippen LogP contribution in [0.5, 0.6) is 11.5 Å². The summed E-state index contributed by atoms with van der Waals surface area (Å²) in [5, 5.41) is 22.0. The van der Waals surface area contributed by atoms with Crippen molar-refractivity contribution in [2.24, 2.45) is 9.98 Å². The third-order valence-electron chi connectivity index (χ3n) is 7.36. The van der Waals surface area contributed by atoms with Crippen molar-refractivity contribution in [3.63, 3.8) is 0 Å². The Balaban J connectivity index is 0.00000588. The molecule has 0 aliphatic carbocycles. The van der Waals surface area contributed by atoms with Gasteiger partial charge in [0.2, 0.25) is 0 Å². The number of para-hydroxylation sites is 2. The number of phenols is 2. The van der Waals surface area contributed by atoms with Crippen molar-refractivity contribution in [2.75, 3.05) is 0 Å². The van der Waals surface area contributed by atoms with Crippen LogP contribution in [0.25, 0.3) is 0 Å². The predicted molar refractivity (Wildman–Crippen MR) is 172 cm³/mol. The molecule has 0 atom stereocenters. The van der Waals surface area contributed by atoms with Crippen LogP contribution in [-0.4, -0.2) is 22.6 Å². The van der Waals surface area contributed by atoms with Gasteiger partial charge in [0.15, 0.2) is 0 Å². The van der Waals surface area contributed by atoms with Gasteiger partial charge >= 0.3 is 0 Å². The maximum absolute atomic E-state index is 11.0. The molecule has 0 amide bonds. The smallest absolute Gasteiger partial charge is 0.127 e. The minimum atomic E-state index is 0. The molecule has 0 heterocycles. The fraction of sp³-hybridized carbons (Fsp3) is 0.444. The first-order valence-electron chi connectivity index (χ1n) is 15.4. The zero-order chi connectivity index (χ0) is 28.7. The largest absolute Gasteiger partial charge is 0.507 e. The molecule has 2 N–H and O–H groups in total. The molecule has 3 aromatic carbocycles. The van der Waals surface area contributed by atoms with E-state index in [0.717, 1.165) is 111 Å². The number of unbranched alkanes of at least 4 members (excludes halogenated alkanes) is 4. The van der Waals surface area contributed by atoms with E-state index < -0.39 is 0 Å². The molecule has 41 heavy (non-hydrogen) atoms. The summed E-state index contributed by atoms with van der Waals surface area (Å²) in [4.78, 5) is 9.54. The van der Waals surface area contributed by atoms with Crippen LogP contribution in [0.2, 0.25) is 0 Å². The number of aryl methyl sites for hydroxylation is 4. The van der Waals surface area contributed by atoms with Gasteiger partial charge in [0, 0.05) is 43.0 Å². The van der Waals surface area contributed by atoms with Crippen molar-refractivity contribution < 1.29 is 29.7 Å². The van der Waals surface area contributed by atoms with Crippen LogP contribution >= 0.6 is 0 Å². The Morgan fingerprint density at radius 3 is 1.29 bits per heavy atom. The normalized spacial score (nSPS) is 11.4. The van der Waals surface area contributed by atoms with E-state index in [1.165, 1.54) is 11.1 Å². The minimum absolute atomic E-state index is 0. The fourth-order valence-corrected chi connectivity index (χ4v) is 4.90. The van der Waals surface area contributed by atoms with Crippen molar-refractivity contribution in [2.45, 2.75) is 105 Å². The molecular formula is C36H48N2O2Zn. The first kappa shape index (κ1) is 34.4. The monoisotopic (exact) mass is 604 g/mol. The van der Waals surface area contributed by atoms with Gasteiger partial charge in [-0.3, -0.25) is 9.98 Å². The second-order valence-electron chi connectivity index (χ2n) is 10.8. The van der Waals surface area contributed by atoms with Gasteiger partial charge in [-0.15, -0.1) is 0 Å². The number of hydrogen-bond donors (Lipinski definition) is 2. The van der Waals surface area contributed by atoms with Gasteiger partial charge in [0.1, 0.15) is 11.5 Å². The van der Waals surface area contributed by atoms with Crippen molar-refractivity contribution >= 4 is 23.8 Å². The third-order valence-corrected chi connectivity index (χ3v) is 7.36. The van der Waals surface area contributed by atoms with Crippen LogP contribution in [0.1, 0.15) is 112 Å². The van der Waals surface area contributed by atoms with Crippen LogP contribution in [0, 0.1) is 0 Å². The number of phenolic OH excluding ortho intramolecular Hbond substituents is 2. The van der Waals surface area contributed by atoms with Gasteiger partial charge in [-0.25, -0.2) is 0 Å². The SMILES string of the molecule is CCCCc1cc(C=Nc2ccccc2N=Cc2cc(CCCC)cc(CCCC)c2O)c(O)c(CCCC)c1.[Zn]. The molecule has 0 saturated heterocycles. The number of hydrogen-bond acceptors (Lipinski definition) is 4. The topological polar surface area (TPSA) is 65.2 Å². The van der Waals surface area contributed by atoms with Gasteiger partial charge in [-0.1, -0.05) is 77.6 Å². The van der Waals surface area contributed by atoms with E-state index in [2.05, 4.69) is 52.0 Å². The standard InChI is InChI=1S/C36H48N2O2.Zn/c1-5-9-15-27-21-29(17-11-7-3)35(39)31(23-27)25-37-33-19-13-14-20-34(33)38-26-32-24-28(16-10-6-2)22-30(36(32)40)18-12-8-4;/h13-14,19-26,39-40H,5-12,15-18H2,1-4H3;. The van der Waals surface area contributed by atoms with Crippen LogP contribution < -0.4 is 0 Å². The summed E-state index contributed by atoms with van der Waals surface area (Å²) < 4.78 is 0. The van der Waals surface area contributed by atoms with Crippen molar-refractivity contribution in [1.29, 1.82) is 0 Å². The van der Waals surface area contributed by atoms with Gasteiger partial charge < -0.3 is 10.2 Å². The molecule has 0 radical (unpaired) electrons. The molecular weight excluding hydrogens is 558 g/mol. The van der Waals surface area contributed by atoms with E-state index >= 15 is 0 Å². The van der Waals surface area contributed by atoms with E-state index in [-0.39, 0.29) is 19.5 Å².